The molecule has 2 saturated heterocycles. The van der Waals surface area contributed by atoms with Gasteiger partial charge in [-0.15, -0.1) is 0 Å². The topological polar surface area (TPSA) is 58.6 Å². The first-order valence-corrected chi connectivity index (χ1v) is 6.84. The zero-order valence-electron chi connectivity index (χ0n) is 10.8. The van der Waals surface area contributed by atoms with Crippen LogP contribution in [-0.2, 0) is 14.3 Å². The number of hydrogen-bond donors (Lipinski definition) is 1. The van der Waals surface area contributed by atoms with Crippen LogP contribution in [0.4, 0.5) is 0 Å². The molecule has 1 N–H and O–H groups in total. The van der Waals surface area contributed by atoms with E-state index < -0.39 is 0 Å². The van der Waals surface area contributed by atoms with Crippen molar-refractivity contribution in [2.24, 2.45) is 5.92 Å². The average Bonchev–Trinajstić information content (AvgIpc) is 2.90. The quantitative estimate of drug-likeness (QED) is 0.712. The molecule has 2 aliphatic rings. The smallest absolute Gasteiger partial charge is 0.234 e. The fourth-order valence-electron chi connectivity index (χ4n) is 2.64. The van der Waals surface area contributed by atoms with E-state index in [1.165, 1.54) is 0 Å². The molecule has 0 aromatic heterocycles. The number of aldehydes is 1. The zero-order valence-corrected chi connectivity index (χ0v) is 10.8. The molecule has 5 heteroatoms. The predicted molar refractivity (Wildman–Crippen MR) is 67.2 cm³/mol. The van der Waals surface area contributed by atoms with Gasteiger partial charge < -0.3 is 14.8 Å². The van der Waals surface area contributed by atoms with Gasteiger partial charge in [-0.05, 0) is 32.2 Å². The summed E-state index contributed by atoms with van der Waals surface area (Å²) in [5.41, 5.74) is 0. The lowest BCUT2D eigenvalue weighted by atomic mass is 10.00. The molecule has 0 aromatic carbocycles. The molecule has 0 radical (unpaired) electrons. The van der Waals surface area contributed by atoms with Crippen molar-refractivity contribution < 1.29 is 14.3 Å². The molecule has 18 heavy (non-hydrogen) atoms. The van der Waals surface area contributed by atoms with Gasteiger partial charge in [0, 0.05) is 25.6 Å². The third-order valence-corrected chi connectivity index (χ3v) is 3.65. The molecular weight excluding hydrogens is 232 g/mol. The zero-order chi connectivity index (χ0) is 12.8. The van der Waals surface area contributed by atoms with Gasteiger partial charge in [-0.1, -0.05) is 0 Å². The molecule has 102 valence electrons. The van der Waals surface area contributed by atoms with E-state index in [1.807, 2.05) is 0 Å². The van der Waals surface area contributed by atoms with Crippen molar-refractivity contribution in [1.82, 2.24) is 10.2 Å². The maximum atomic E-state index is 11.8. The molecule has 0 saturated carbocycles. The fraction of sp³-hybridized carbons (Fsp3) is 0.846. The minimum absolute atomic E-state index is 0.0389. The van der Waals surface area contributed by atoms with Gasteiger partial charge >= 0.3 is 0 Å². The van der Waals surface area contributed by atoms with E-state index in [0.29, 0.717) is 13.1 Å². The Labute approximate surface area is 108 Å². The van der Waals surface area contributed by atoms with Gasteiger partial charge in [-0.2, -0.15) is 0 Å². The predicted octanol–water partition coefficient (Wildman–Crippen LogP) is 0.193. The van der Waals surface area contributed by atoms with Crippen molar-refractivity contribution in [2.75, 3.05) is 32.8 Å². The number of likely N-dealkylation sites (tertiary alicyclic amines) is 1. The van der Waals surface area contributed by atoms with Gasteiger partial charge in [0.15, 0.2) is 0 Å². The first kappa shape index (κ1) is 13.5. The second kappa shape index (κ2) is 6.85. The van der Waals surface area contributed by atoms with E-state index in [-0.39, 0.29) is 17.9 Å². The Balaban J connectivity index is 1.65. The van der Waals surface area contributed by atoms with Gasteiger partial charge in [-0.25, -0.2) is 0 Å². The molecule has 0 aliphatic carbocycles. The average molecular weight is 254 g/mol. The van der Waals surface area contributed by atoms with Crippen LogP contribution in [0.2, 0.25) is 0 Å². The van der Waals surface area contributed by atoms with Crippen molar-refractivity contribution in [3.63, 3.8) is 0 Å². The highest BCUT2D eigenvalue weighted by molar-refractivity contribution is 5.78. The van der Waals surface area contributed by atoms with Crippen LogP contribution < -0.4 is 5.32 Å². The van der Waals surface area contributed by atoms with E-state index in [9.17, 15) is 9.59 Å². The van der Waals surface area contributed by atoms with Gasteiger partial charge in [0.1, 0.15) is 6.29 Å². The molecule has 2 unspecified atom stereocenters. The van der Waals surface area contributed by atoms with E-state index >= 15 is 0 Å². The molecule has 2 fully saturated rings. The Bertz CT molecular complexity index is 290. The first-order chi connectivity index (χ1) is 8.78. The Hall–Kier alpha value is -0.940. The van der Waals surface area contributed by atoms with Crippen LogP contribution in [0.3, 0.4) is 0 Å². The molecule has 0 bridgehead atoms. The Morgan fingerprint density at radius 3 is 3.00 bits per heavy atom. The van der Waals surface area contributed by atoms with Crippen LogP contribution in [0.1, 0.15) is 25.7 Å². The fourth-order valence-corrected chi connectivity index (χ4v) is 2.64. The first-order valence-electron chi connectivity index (χ1n) is 6.84. The summed E-state index contributed by atoms with van der Waals surface area (Å²) in [6, 6.07) is 0. The molecule has 2 aliphatic heterocycles. The monoisotopic (exact) mass is 254 g/mol. The molecule has 5 nitrogen and oxygen atoms in total. The van der Waals surface area contributed by atoms with Crippen LogP contribution in [0, 0.1) is 5.92 Å². The van der Waals surface area contributed by atoms with Gasteiger partial charge in [0.25, 0.3) is 0 Å². The standard InChI is InChI=1S/C13H22N2O3/c16-10-11-3-1-5-15(8-11)9-13(17)14-7-12-4-2-6-18-12/h10-12H,1-9H2,(H,14,17). The van der Waals surface area contributed by atoms with Crippen LogP contribution in [-0.4, -0.2) is 56.0 Å². The molecule has 2 rings (SSSR count). The van der Waals surface area contributed by atoms with Crippen LogP contribution >= 0.6 is 0 Å². The molecule has 0 aromatic rings. The normalized spacial score (nSPS) is 29.1. The molecular formula is C13H22N2O3. The number of amides is 1. The summed E-state index contributed by atoms with van der Waals surface area (Å²) in [5, 5.41) is 2.91. The maximum Gasteiger partial charge on any atom is 0.234 e. The van der Waals surface area contributed by atoms with Crippen LogP contribution in [0.15, 0.2) is 0 Å². The maximum absolute atomic E-state index is 11.8. The second-order valence-electron chi connectivity index (χ2n) is 5.21. The third kappa shape index (κ3) is 4.07. The van der Waals surface area contributed by atoms with E-state index in [0.717, 1.165) is 51.7 Å². The van der Waals surface area contributed by atoms with Crippen molar-refractivity contribution in [3.8, 4) is 0 Å². The molecule has 0 spiro atoms. The molecule has 1 amide bonds. The minimum atomic E-state index is 0.0389. The summed E-state index contributed by atoms with van der Waals surface area (Å²) in [4.78, 5) is 24.6. The third-order valence-electron chi connectivity index (χ3n) is 3.65. The lowest BCUT2D eigenvalue weighted by molar-refractivity contribution is -0.124. The Kier molecular flexibility index (Phi) is 5.13. The highest BCUT2D eigenvalue weighted by Gasteiger charge is 2.22. The summed E-state index contributed by atoms with van der Waals surface area (Å²) < 4.78 is 5.45. The highest BCUT2D eigenvalue weighted by atomic mass is 16.5. The number of carbonyl (C=O) groups excluding carboxylic acids is 2. The number of piperidine rings is 1. The van der Waals surface area contributed by atoms with Crippen molar-refractivity contribution in [3.05, 3.63) is 0 Å². The number of rotatable bonds is 5. The minimum Gasteiger partial charge on any atom is -0.376 e. The summed E-state index contributed by atoms with van der Waals surface area (Å²) in [5.74, 6) is 0.141. The Morgan fingerprint density at radius 1 is 1.39 bits per heavy atom. The van der Waals surface area contributed by atoms with Crippen molar-refractivity contribution >= 4 is 12.2 Å². The number of nitrogens with zero attached hydrogens (tertiary/aromatic N) is 1. The van der Waals surface area contributed by atoms with Gasteiger partial charge in [0.2, 0.25) is 5.91 Å². The number of nitrogens with one attached hydrogen (secondary N) is 1. The van der Waals surface area contributed by atoms with Gasteiger partial charge in [0.05, 0.1) is 12.6 Å². The Morgan fingerprint density at radius 2 is 2.28 bits per heavy atom. The number of hydrogen-bond acceptors (Lipinski definition) is 4. The summed E-state index contributed by atoms with van der Waals surface area (Å²) in [7, 11) is 0. The molecule has 2 heterocycles. The largest absolute Gasteiger partial charge is 0.376 e. The summed E-state index contributed by atoms with van der Waals surface area (Å²) in [6.07, 6.45) is 5.29. The van der Waals surface area contributed by atoms with Crippen molar-refractivity contribution in [2.45, 2.75) is 31.8 Å². The summed E-state index contributed by atoms with van der Waals surface area (Å²) >= 11 is 0. The van der Waals surface area contributed by atoms with Crippen molar-refractivity contribution in [1.29, 1.82) is 0 Å². The second-order valence-corrected chi connectivity index (χ2v) is 5.21. The van der Waals surface area contributed by atoms with Crippen LogP contribution in [0.25, 0.3) is 0 Å². The molecule has 2 atom stereocenters. The SMILES string of the molecule is O=CC1CCCN(CC(=O)NCC2CCCO2)C1. The lowest BCUT2D eigenvalue weighted by Gasteiger charge is -2.29. The van der Waals surface area contributed by atoms with Crippen LogP contribution in [0.5, 0.6) is 0 Å². The summed E-state index contributed by atoms with van der Waals surface area (Å²) in [6.45, 7) is 3.46. The lowest BCUT2D eigenvalue weighted by Crippen LogP contribution is -2.44. The van der Waals surface area contributed by atoms with E-state index in [2.05, 4.69) is 10.2 Å². The highest BCUT2D eigenvalue weighted by Crippen LogP contribution is 2.14. The van der Waals surface area contributed by atoms with E-state index in [1.54, 1.807) is 0 Å². The number of ether oxygens (including phenoxy) is 1. The van der Waals surface area contributed by atoms with Gasteiger partial charge in [-0.3, -0.25) is 9.69 Å². The number of carbonyl (C=O) groups is 2. The van der Waals surface area contributed by atoms with E-state index in [4.69, 9.17) is 4.74 Å².